The van der Waals surface area contributed by atoms with Gasteiger partial charge in [0.05, 0.1) is 0 Å². The number of allylic oxidation sites excluding steroid dienone is 4. The highest BCUT2D eigenvalue weighted by atomic mass is 16.1. The first-order chi connectivity index (χ1) is 9.64. The summed E-state index contributed by atoms with van der Waals surface area (Å²) in [5.41, 5.74) is 4.68. The van der Waals surface area contributed by atoms with Crippen molar-refractivity contribution in [1.82, 2.24) is 0 Å². The molecule has 1 atom stereocenters. The zero-order valence-electron chi connectivity index (χ0n) is 14.0. The molecule has 0 bridgehead atoms. The highest BCUT2D eigenvalue weighted by Crippen LogP contribution is 2.42. The van der Waals surface area contributed by atoms with Crippen molar-refractivity contribution in [3.8, 4) is 0 Å². The van der Waals surface area contributed by atoms with Gasteiger partial charge in [-0.05, 0) is 28.0 Å². The van der Waals surface area contributed by atoms with Crippen LogP contribution >= 0.6 is 0 Å². The largest absolute Gasteiger partial charge is 0.298 e. The molecular formula is C20H26O. The van der Waals surface area contributed by atoms with Crippen LogP contribution in [0.1, 0.15) is 68.9 Å². The standard InChI is InChI=1S/C20H26O/c1-19(2,3)15-10-11-16(14(12-15)13-21)17-8-7-9-18(17)20(4,5)6/h7-13,17H,1-6H3. The summed E-state index contributed by atoms with van der Waals surface area (Å²) < 4.78 is 0. The van der Waals surface area contributed by atoms with Gasteiger partial charge in [0.1, 0.15) is 6.29 Å². The van der Waals surface area contributed by atoms with Gasteiger partial charge >= 0.3 is 0 Å². The normalized spacial score (nSPS) is 18.8. The fraction of sp³-hybridized carbons (Fsp3) is 0.450. The molecule has 1 aliphatic carbocycles. The predicted octanol–water partition coefficient (Wildman–Crippen LogP) is 5.42. The molecule has 0 saturated carbocycles. The van der Waals surface area contributed by atoms with Crippen LogP contribution in [0.2, 0.25) is 0 Å². The van der Waals surface area contributed by atoms with Crippen molar-refractivity contribution in [3.05, 3.63) is 58.7 Å². The molecule has 0 heterocycles. The fourth-order valence-corrected chi connectivity index (χ4v) is 2.89. The summed E-state index contributed by atoms with van der Waals surface area (Å²) in [6.07, 6.45) is 7.49. The van der Waals surface area contributed by atoms with Crippen molar-refractivity contribution in [3.63, 3.8) is 0 Å². The van der Waals surface area contributed by atoms with Crippen LogP contribution in [0.3, 0.4) is 0 Å². The zero-order chi connectivity index (χ0) is 15.8. The van der Waals surface area contributed by atoms with Gasteiger partial charge in [0.15, 0.2) is 0 Å². The number of hydrogen-bond acceptors (Lipinski definition) is 1. The first-order valence-electron chi connectivity index (χ1n) is 7.63. The van der Waals surface area contributed by atoms with Gasteiger partial charge < -0.3 is 0 Å². The molecule has 112 valence electrons. The summed E-state index contributed by atoms with van der Waals surface area (Å²) in [4.78, 5) is 11.6. The number of rotatable bonds is 2. The minimum absolute atomic E-state index is 0.0600. The molecule has 1 unspecified atom stereocenters. The van der Waals surface area contributed by atoms with Gasteiger partial charge in [-0.1, -0.05) is 77.5 Å². The molecule has 0 aliphatic heterocycles. The van der Waals surface area contributed by atoms with E-state index in [1.54, 1.807) is 0 Å². The quantitative estimate of drug-likeness (QED) is 0.662. The van der Waals surface area contributed by atoms with E-state index < -0.39 is 0 Å². The summed E-state index contributed by atoms with van der Waals surface area (Å²) in [5, 5.41) is 0. The molecule has 0 N–H and O–H groups in total. The van der Waals surface area contributed by atoms with E-state index in [1.807, 2.05) is 0 Å². The Labute approximate surface area is 128 Å². The predicted molar refractivity (Wildman–Crippen MR) is 89.9 cm³/mol. The molecule has 21 heavy (non-hydrogen) atoms. The Morgan fingerprint density at radius 2 is 1.67 bits per heavy atom. The molecular weight excluding hydrogens is 256 g/mol. The first-order valence-corrected chi connectivity index (χ1v) is 7.63. The Kier molecular flexibility index (Phi) is 3.97. The molecule has 0 amide bonds. The first kappa shape index (κ1) is 15.8. The van der Waals surface area contributed by atoms with E-state index in [4.69, 9.17) is 0 Å². The van der Waals surface area contributed by atoms with Crippen LogP contribution in [0.5, 0.6) is 0 Å². The Balaban J connectivity index is 2.48. The molecule has 0 saturated heterocycles. The SMILES string of the molecule is CC(C)(C)C1=CC=CC1c1ccc(C(C)(C)C)cc1C=O. The van der Waals surface area contributed by atoms with Crippen LogP contribution in [0.4, 0.5) is 0 Å². The highest BCUT2D eigenvalue weighted by molar-refractivity contribution is 5.79. The van der Waals surface area contributed by atoms with Gasteiger partial charge in [-0.2, -0.15) is 0 Å². The smallest absolute Gasteiger partial charge is 0.150 e. The molecule has 0 fully saturated rings. The second-order valence-corrected chi connectivity index (χ2v) is 7.95. The number of carbonyl (C=O) groups is 1. The van der Waals surface area contributed by atoms with E-state index >= 15 is 0 Å². The van der Waals surface area contributed by atoms with Gasteiger partial charge in [-0.25, -0.2) is 0 Å². The van der Waals surface area contributed by atoms with Crippen LogP contribution in [-0.2, 0) is 5.41 Å². The monoisotopic (exact) mass is 282 g/mol. The number of carbonyl (C=O) groups excluding carboxylic acids is 1. The van der Waals surface area contributed by atoms with E-state index in [-0.39, 0.29) is 16.7 Å². The third-order valence-corrected chi connectivity index (χ3v) is 4.20. The average molecular weight is 282 g/mol. The van der Waals surface area contributed by atoms with Crippen molar-refractivity contribution in [2.45, 2.75) is 52.9 Å². The lowest BCUT2D eigenvalue weighted by Gasteiger charge is -2.28. The zero-order valence-corrected chi connectivity index (χ0v) is 14.0. The lowest BCUT2D eigenvalue weighted by atomic mass is 9.76. The Hall–Kier alpha value is -1.63. The molecule has 1 aromatic rings. The van der Waals surface area contributed by atoms with Gasteiger partial charge in [-0.15, -0.1) is 0 Å². The van der Waals surface area contributed by atoms with Gasteiger partial charge in [0, 0.05) is 11.5 Å². The van der Waals surface area contributed by atoms with Crippen LogP contribution in [0.15, 0.2) is 42.0 Å². The van der Waals surface area contributed by atoms with Crippen molar-refractivity contribution in [1.29, 1.82) is 0 Å². The Morgan fingerprint density at radius 3 is 2.19 bits per heavy atom. The topological polar surface area (TPSA) is 17.1 Å². The maximum atomic E-state index is 11.6. The van der Waals surface area contributed by atoms with Crippen molar-refractivity contribution in [2.24, 2.45) is 5.41 Å². The van der Waals surface area contributed by atoms with Crippen LogP contribution in [-0.4, -0.2) is 6.29 Å². The summed E-state index contributed by atoms with van der Waals surface area (Å²) in [6, 6.07) is 6.34. The van der Waals surface area contributed by atoms with Crippen LogP contribution < -0.4 is 0 Å². The van der Waals surface area contributed by atoms with Crippen LogP contribution in [0, 0.1) is 5.41 Å². The highest BCUT2D eigenvalue weighted by Gasteiger charge is 2.28. The minimum Gasteiger partial charge on any atom is -0.298 e. The van der Waals surface area contributed by atoms with Gasteiger partial charge in [-0.3, -0.25) is 4.79 Å². The number of aldehydes is 1. The van der Waals surface area contributed by atoms with Crippen molar-refractivity contribution >= 4 is 6.29 Å². The molecule has 1 nitrogen and oxygen atoms in total. The summed E-state index contributed by atoms with van der Waals surface area (Å²) in [6.45, 7) is 13.2. The lowest BCUT2D eigenvalue weighted by molar-refractivity contribution is 0.112. The van der Waals surface area contributed by atoms with Crippen molar-refractivity contribution in [2.75, 3.05) is 0 Å². The minimum atomic E-state index is 0.0600. The molecule has 0 radical (unpaired) electrons. The third kappa shape index (κ3) is 3.18. The Morgan fingerprint density at radius 1 is 1.00 bits per heavy atom. The molecule has 0 spiro atoms. The van der Waals surface area contributed by atoms with Gasteiger partial charge in [0.2, 0.25) is 0 Å². The molecule has 1 aromatic carbocycles. The second kappa shape index (κ2) is 5.29. The van der Waals surface area contributed by atoms with E-state index in [0.29, 0.717) is 0 Å². The average Bonchev–Trinajstić information content (AvgIpc) is 2.85. The molecule has 1 aliphatic rings. The van der Waals surface area contributed by atoms with E-state index in [2.05, 4.69) is 78.0 Å². The lowest BCUT2D eigenvalue weighted by Crippen LogP contribution is -2.16. The molecule has 2 rings (SSSR count). The summed E-state index contributed by atoms with van der Waals surface area (Å²) in [5.74, 6) is 0.221. The maximum absolute atomic E-state index is 11.6. The number of benzene rings is 1. The third-order valence-electron chi connectivity index (χ3n) is 4.20. The number of hydrogen-bond donors (Lipinski definition) is 0. The van der Waals surface area contributed by atoms with E-state index in [0.717, 1.165) is 17.4 Å². The fourth-order valence-electron chi connectivity index (χ4n) is 2.89. The summed E-state index contributed by atoms with van der Waals surface area (Å²) >= 11 is 0. The Bertz CT molecular complexity index is 604. The maximum Gasteiger partial charge on any atom is 0.150 e. The van der Waals surface area contributed by atoms with Gasteiger partial charge in [0.25, 0.3) is 0 Å². The van der Waals surface area contributed by atoms with E-state index in [9.17, 15) is 4.79 Å². The summed E-state index contributed by atoms with van der Waals surface area (Å²) in [7, 11) is 0. The van der Waals surface area contributed by atoms with Crippen LogP contribution in [0.25, 0.3) is 0 Å². The second-order valence-electron chi connectivity index (χ2n) is 7.95. The molecule has 0 aromatic heterocycles. The van der Waals surface area contributed by atoms with E-state index in [1.165, 1.54) is 11.1 Å². The molecule has 1 heteroatoms. The van der Waals surface area contributed by atoms with Crippen molar-refractivity contribution < 1.29 is 4.79 Å².